The second-order valence-electron chi connectivity index (χ2n) is 4.76. The number of nitro groups is 1. The van der Waals surface area contributed by atoms with Gasteiger partial charge in [-0.2, -0.15) is 4.39 Å². The standard InChI is InChI=1S/C13H17FN2O3/c14-12-6-10(3-4-13(12)16(17)18)7-15-8-11-2-1-5-19-9-11/h3-4,6,11,15H,1-2,5,7-9H2. The summed E-state index contributed by atoms with van der Waals surface area (Å²) >= 11 is 0. The fourth-order valence-electron chi connectivity index (χ4n) is 2.20. The fourth-order valence-corrected chi connectivity index (χ4v) is 2.20. The van der Waals surface area contributed by atoms with E-state index in [1.807, 2.05) is 0 Å². The molecule has 19 heavy (non-hydrogen) atoms. The van der Waals surface area contributed by atoms with E-state index in [-0.39, 0.29) is 0 Å². The van der Waals surface area contributed by atoms with Crippen LogP contribution in [0.3, 0.4) is 0 Å². The Kier molecular flexibility index (Phi) is 4.81. The van der Waals surface area contributed by atoms with E-state index in [1.165, 1.54) is 12.1 Å². The number of nitrogens with one attached hydrogen (secondary N) is 1. The summed E-state index contributed by atoms with van der Waals surface area (Å²) < 4.78 is 18.8. The largest absolute Gasteiger partial charge is 0.381 e. The number of hydrogen-bond acceptors (Lipinski definition) is 4. The van der Waals surface area contributed by atoms with E-state index in [0.717, 1.165) is 32.6 Å². The predicted molar refractivity (Wildman–Crippen MR) is 68.3 cm³/mol. The zero-order valence-electron chi connectivity index (χ0n) is 10.6. The van der Waals surface area contributed by atoms with Crippen LogP contribution in [0.15, 0.2) is 18.2 Å². The Morgan fingerprint density at radius 1 is 1.53 bits per heavy atom. The molecule has 0 radical (unpaired) electrons. The maximum Gasteiger partial charge on any atom is 0.304 e. The molecule has 0 aromatic heterocycles. The highest BCUT2D eigenvalue weighted by Gasteiger charge is 2.15. The first kappa shape index (κ1) is 13.9. The molecule has 0 saturated carbocycles. The molecule has 1 fully saturated rings. The van der Waals surface area contributed by atoms with E-state index >= 15 is 0 Å². The summed E-state index contributed by atoms with van der Waals surface area (Å²) in [7, 11) is 0. The molecule has 1 atom stereocenters. The Morgan fingerprint density at radius 2 is 2.37 bits per heavy atom. The van der Waals surface area contributed by atoms with Crippen molar-refractivity contribution in [3.8, 4) is 0 Å². The van der Waals surface area contributed by atoms with Crippen LogP contribution in [0.5, 0.6) is 0 Å². The normalized spacial score (nSPS) is 19.3. The summed E-state index contributed by atoms with van der Waals surface area (Å²) in [4.78, 5) is 9.77. The number of halogens is 1. The number of hydrogen-bond donors (Lipinski definition) is 1. The van der Waals surface area contributed by atoms with Crippen molar-refractivity contribution in [2.75, 3.05) is 19.8 Å². The summed E-state index contributed by atoms with van der Waals surface area (Å²) in [6.45, 7) is 2.93. The highest BCUT2D eigenvalue weighted by Crippen LogP contribution is 2.18. The molecule has 0 bridgehead atoms. The predicted octanol–water partition coefficient (Wildman–Crippen LogP) is 2.25. The SMILES string of the molecule is O=[N+]([O-])c1ccc(CNCC2CCCOC2)cc1F. The minimum Gasteiger partial charge on any atom is -0.381 e. The minimum absolute atomic E-state index is 0.482. The van der Waals surface area contributed by atoms with Gasteiger partial charge in [-0.15, -0.1) is 0 Å². The van der Waals surface area contributed by atoms with Crippen molar-refractivity contribution in [1.29, 1.82) is 0 Å². The van der Waals surface area contributed by atoms with Crippen LogP contribution in [-0.4, -0.2) is 24.7 Å². The van der Waals surface area contributed by atoms with Gasteiger partial charge < -0.3 is 10.1 Å². The van der Waals surface area contributed by atoms with E-state index in [0.29, 0.717) is 18.0 Å². The first-order valence-corrected chi connectivity index (χ1v) is 6.38. The lowest BCUT2D eigenvalue weighted by Gasteiger charge is -2.22. The first-order valence-electron chi connectivity index (χ1n) is 6.38. The monoisotopic (exact) mass is 268 g/mol. The van der Waals surface area contributed by atoms with Crippen molar-refractivity contribution in [1.82, 2.24) is 5.32 Å². The molecule has 1 unspecified atom stereocenters. The molecule has 1 N–H and O–H groups in total. The van der Waals surface area contributed by atoms with Crippen LogP contribution in [0.2, 0.25) is 0 Å². The van der Waals surface area contributed by atoms with Crippen LogP contribution in [-0.2, 0) is 11.3 Å². The molecule has 0 spiro atoms. The van der Waals surface area contributed by atoms with Crippen LogP contribution in [0.25, 0.3) is 0 Å². The van der Waals surface area contributed by atoms with Crippen LogP contribution >= 0.6 is 0 Å². The average molecular weight is 268 g/mol. The van der Waals surface area contributed by atoms with E-state index in [2.05, 4.69) is 5.32 Å². The zero-order valence-corrected chi connectivity index (χ0v) is 10.6. The lowest BCUT2D eigenvalue weighted by Crippen LogP contribution is -2.28. The molecule has 1 aliphatic heterocycles. The van der Waals surface area contributed by atoms with Gasteiger partial charge in [0.05, 0.1) is 11.5 Å². The van der Waals surface area contributed by atoms with Crippen molar-refractivity contribution < 1.29 is 14.1 Å². The summed E-state index contributed by atoms with van der Waals surface area (Å²) in [6, 6.07) is 3.99. The molecular formula is C13H17FN2O3. The van der Waals surface area contributed by atoms with Gasteiger partial charge in [0.15, 0.2) is 0 Å². The fraction of sp³-hybridized carbons (Fsp3) is 0.538. The molecule has 6 heteroatoms. The van der Waals surface area contributed by atoms with E-state index in [1.54, 1.807) is 6.07 Å². The van der Waals surface area contributed by atoms with Gasteiger partial charge in [-0.25, -0.2) is 0 Å². The van der Waals surface area contributed by atoms with Crippen molar-refractivity contribution in [3.63, 3.8) is 0 Å². The topological polar surface area (TPSA) is 64.4 Å². The van der Waals surface area contributed by atoms with Crippen LogP contribution in [0.1, 0.15) is 18.4 Å². The number of nitrogens with zero attached hydrogens (tertiary/aromatic N) is 1. The van der Waals surface area contributed by atoms with Gasteiger partial charge in [0.25, 0.3) is 0 Å². The van der Waals surface area contributed by atoms with E-state index in [9.17, 15) is 14.5 Å². The van der Waals surface area contributed by atoms with Crippen molar-refractivity contribution >= 4 is 5.69 Å². The molecule has 1 heterocycles. The second-order valence-corrected chi connectivity index (χ2v) is 4.76. The van der Waals surface area contributed by atoms with Gasteiger partial charge in [0.1, 0.15) is 0 Å². The van der Waals surface area contributed by atoms with Gasteiger partial charge >= 0.3 is 5.69 Å². The maximum absolute atomic E-state index is 13.4. The van der Waals surface area contributed by atoms with Crippen LogP contribution < -0.4 is 5.32 Å². The highest BCUT2D eigenvalue weighted by atomic mass is 19.1. The second kappa shape index (κ2) is 6.58. The smallest absolute Gasteiger partial charge is 0.304 e. The third kappa shape index (κ3) is 3.97. The lowest BCUT2D eigenvalue weighted by atomic mass is 10.0. The van der Waals surface area contributed by atoms with Crippen molar-refractivity contribution in [2.45, 2.75) is 19.4 Å². The third-order valence-corrected chi connectivity index (χ3v) is 3.23. The van der Waals surface area contributed by atoms with Crippen molar-refractivity contribution in [3.05, 3.63) is 39.7 Å². The van der Waals surface area contributed by atoms with E-state index in [4.69, 9.17) is 4.74 Å². The molecule has 1 saturated heterocycles. The summed E-state index contributed by atoms with van der Waals surface area (Å²) in [5.41, 5.74) is 0.226. The Bertz CT molecular complexity index is 448. The maximum atomic E-state index is 13.4. The van der Waals surface area contributed by atoms with E-state index < -0.39 is 16.4 Å². The zero-order chi connectivity index (χ0) is 13.7. The molecule has 2 rings (SSSR count). The lowest BCUT2D eigenvalue weighted by molar-refractivity contribution is -0.387. The molecule has 0 aliphatic carbocycles. The molecule has 5 nitrogen and oxygen atoms in total. The number of ether oxygens (including phenoxy) is 1. The summed E-state index contributed by atoms with van der Waals surface area (Å²) in [5.74, 6) is -0.290. The van der Waals surface area contributed by atoms with Gasteiger partial charge in [0.2, 0.25) is 5.82 Å². The third-order valence-electron chi connectivity index (χ3n) is 3.23. The van der Waals surface area contributed by atoms with Gasteiger partial charge in [-0.1, -0.05) is 6.07 Å². The van der Waals surface area contributed by atoms with Crippen LogP contribution in [0.4, 0.5) is 10.1 Å². The molecule has 1 aliphatic rings. The molecular weight excluding hydrogens is 251 g/mol. The molecule has 104 valence electrons. The van der Waals surface area contributed by atoms with Gasteiger partial charge in [-0.3, -0.25) is 10.1 Å². The highest BCUT2D eigenvalue weighted by molar-refractivity contribution is 5.34. The first-order chi connectivity index (χ1) is 9.16. The molecule has 1 aromatic rings. The number of rotatable bonds is 5. The molecule has 1 aromatic carbocycles. The average Bonchev–Trinajstić information content (AvgIpc) is 2.39. The number of benzene rings is 1. The Morgan fingerprint density at radius 3 is 3.00 bits per heavy atom. The summed E-state index contributed by atoms with van der Waals surface area (Å²) in [6.07, 6.45) is 2.22. The van der Waals surface area contributed by atoms with Crippen molar-refractivity contribution in [2.24, 2.45) is 5.92 Å². The number of nitro benzene ring substituents is 1. The van der Waals surface area contributed by atoms with Crippen LogP contribution in [0, 0.1) is 21.8 Å². The quantitative estimate of drug-likeness (QED) is 0.657. The Labute approximate surface area is 110 Å². The van der Waals surface area contributed by atoms with Gasteiger partial charge in [0, 0.05) is 25.8 Å². The summed E-state index contributed by atoms with van der Waals surface area (Å²) in [5, 5.41) is 13.7. The Hall–Kier alpha value is -1.53. The Balaban J connectivity index is 1.82. The minimum atomic E-state index is -0.787. The van der Waals surface area contributed by atoms with Gasteiger partial charge in [-0.05, 0) is 30.4 Å². The molecule has 0 amide bonds.